The minimum absolute atomic E-state index is 0.343. The van der Waals surface area contributed by atoms with Crippen LogP contribution in [0.15, 0.2) is 179 Å². The molecule has 0 aliphatic heterocycles. The number of hydrogen-bond donors (Lipinski definition) is 0. The first-order valence-corrected chi connectivity index (χ1v) is 18.2. The van der Waals surface area contributed by atoms with Crippen LogP contribution in [0.5, 0.6) is 5.75 Å². The lowest BCUT2D eigenvalue weighted by Crippen LogP contribution is -1.98. The van der Waals surface area contributed by atoms with E-state index in [4.69, 9.17) is 9.15 Å². The lowest BCUT2D eigenvalue weighted by atomic mass is 9.98. The second kappa shape index (κ2) is 11.9. The minimum Gasteiger partial charge on any atom is -0.486 e. The first kappa shape index (κ1) is 30.5. The molecular formula is C50H32N2O2. The van der Waals surface area contributed by atoms with Crippen molar-refractivity contribution >= 4 is 88.5 Å². The summed E-state index contributed by atoms with van der Waals surface area (Å²) >= 11 is 0. The Labute approximate surface area is 310 Å². The third-order valence-corrected chi connectivity index (χ3v) is 10.9. The van der Waals surface area contributed by atoms with Gasteiger partial charge in [0.2, 0.25) is 0 Å². The first-order valence-electron chi connectivity index (χ1n) is 18.2. The molecule has 0 amide bonds. The summed E-state index contributed by atoms with van der Waals surface area (Å²) in [6.45, 7) is 4.34. The Bertz CT molecular complexity index is 3310. The zero-order chi connectivity index (χ0) is 35.8. The average Bonchev–Trinajstić information content (AvgIpc) is 3.78. The molecule has 9 aromatic carbocycles. The largest absolute Gasteiger partial charge is 0.486 e. The van der Waals surface area contributed by atoms with Crippen LogP contribution in [0.1, 0.15) is 5.56 Å². The molecule has 0 saturated heterocycles. The van der Waals surface area contributed by atoms with Gasteiger partial charge in [-0.1, -0.05) is 121 Å². The second-order valence-corrected chi connectivity index (χ2v) is 14.0. The highest BCUT2D eigenvalue weighted by molar-refractivity contribution is 6.21. The number of para-hydroxylation sites is 1. The average molecular weight is 693 g/mol. The van der Waals surface area contributed by atoms with E-state index in [1.54, 1.807) is 0 Å². The van der Waals surface area contributed by atoms with E-state index in [-0.39, 0.29) is 0 Å². The topological polar surface area (TPSA) is 39.7 Å². The van der Waals surface area contributed by atoms with Crippen molar-refractivity contribution in [3.8, 4) is 22.6 Å². The van der Waals surface area contributed by atoms with Crippen LogP contribution >= 0.6 is 0 Å². The standard InChI is InChI=1S/C50H32N2O2/c1-51-43-29-41(37-20-19-32-10-2-4-13-35(32)27-37)49-48(40-16-8-9-17-46(40)54-49)50(43)53-30-31-18-24-44-42(26-31)47-39-15-7-6-12-34(39)22-25-45(47)52(44)38-23-21-33-11-3-5-14-36(33)28-38/h2-29H,1,30H2. The molecule has 0 aliphatic rings. The zero-order valence-corrected chi connectivity index (χ0v) is 29.3. The number of fused-ring (bicyclic) bond motifs is 10. The van der Waals surface area contributed by atoms with Gasteiger partial charge >= 0.3 is 0 Å². The molecule has 4 nitrogen and oxygen atoms in total. The van der Waals surface area contributed by atoms with Gasteiger partial charge in [-0.2, -0.15) is 0 Å². The summed E-state index contributed by atoms with van der Waals surface area (Å²) in [6, 6.07) is 60.1. The van der Waals surface area contributed by atoms with Crippen molar-refractivity contribution in [2.75, 3.05) is 0 Å². The van der Waals surface area contributed by atoms with Gasteiger partial charge in [0.15, 0.2) is 5.75 Å². The van der Waals surface area contributed by atoms with Crippen molar-refractivity contribution in [3.05, 3.63) is 175 Å². The molecule has 4 heteroatoms. The molecule has 0 atom stereocenters. The molecule has 0 unspecified atom stereocenters. The molecule has 0 N–H and O–H groups in total. The van der Waals surface area contributed by atoms with Crippen LogP contribution in [0.4, 0.5) is 5.69 Å². The molecule has 0 aliphatic carbocycles. The molecule has 11 rings (SSSR count). The summed E-state index contributed by atoms with van der Waals surface area (Å²) in [6.07, 6.45) is 0. The van der Waals surface area contributed by atoms with Crippen molar-refractivity contribution < 1.29 is 9.15 Å². The summed E-state index contributed by atoms with van der Waals surface area (Å²) in [7, 11) is 0. The van der Waals surface area contributed by atoms with Crippen molar-refractivity contribution in [3.63, 3.8) is 0 Å². The Morgan fingerprint density at radius 2 is 1.20 bits per heavy atom. The molecule has 54 heavy (non-hydrogen) atoms. The van der Waals surface area contributed by atoms with E-state index < -0.39 is 0 Å². The number of rotatable bonds is 6. The van der Waals surface area contributed by atoms with Gasteiger partial charge in [0.1, 0.15) is 23.5 Å². The zero-order valence-electron chi connectivity index (χ0n) is 29.3. The maximum Gasteiger partial charge on any atom is 0.157 e. The van der Waals surface area contributed by atoms with Crippen molar-refractivity contribution in [1.29, 1.82) is 0 Å². The van der Waals surface area contributed by atoms with E-state index in [1.165, 1.54) is 43.2 Å². The van der Waals surface area contributed by atoms with Crippen molar-refractivity contribution in [2.24, 2.45) is 4.99 Å². The van der Waals surface area contributed by atoms with Gasteiger partial charge in [-0.05, 0) is 98.7 Å². The molecule has 11 aromatic rings. The van der Waals surface area contributed by atoms with E-state index in [0.717, 1.165) is 55.2 Å². The van der Waals surface area contributed by atoms with E-state index in [9.17, 15) is 0 Å². The third-order valence-electron chi connectivity index (χ3n) is 10.9. The monoisotopic (exact) mass is 692 g/mol. The maximum absolute atomic E-state index is 6.84. The molecule has 0 radical (unpaired) electrons. The van der Waals surface area contributed by atoms with Gasteiger partial charge in [0, 0.05) is 27.4 Å². The lowest BCUT2D eigenvalue weighted by molar-refractivity contribution is 0.311. The lowest BCUT2D eigenvalue weighted by Gasteiger charge is -2.14. The molecule has 0 bridgehead atoms. The number of ether oxygens (including phenoxy) is 1. The van der Waals surface area contributed by atoms with Gasteiger partial charge in [0.05, 0.1) is 16.4 Å². The number of benzene rings is 9. The van der Waals surface area contributed by atoms with Gasteiger partial charge in [-0.15, -0.1) is 0 Å². The summed E-state index contributed by atoms with van der Waals surface area (Å²) in [4.78, 5) is 4.53. The highest BCUT2D eigenvalue weighted by Gasteiger charge is 2.22. The Kier molecular flexibility index (Phi) is 6.73. The Morgan fingerprint density at radius 1 is 0.537 bits per heavy atom. The SMILES string of the molecule is C=Nc1cc(-c2ccc3ccccc3c2)c2oc3ccccc3c2c1OCc1ccc2c(c1)c1c3ccccc3ccc1n2-c1ccc2ccccc2c1. The van der Waals surface area contributed by atoms with Crippen LogP contribution in [0.3, 0.4) is 0 Å². The predicted molar refractivity (Wildman–Crippen MR) is 226 cm³/mol. The van der Waals surface area contributed by atoms with E-state index in [1.807, 2.05) is 24.3 Å². The molecular weight excluding hydrogens is 661 g/mol. The van der Waals surface area contributed by atoms with Crippen LogP contribution < -0.4 is 4.74 Å². The molecule has 2 heterocycles. The van der Waals surface area contributed by atoms with E-state index in [2.05, 4.69) is 162 Å². The summed E-state index contributed by atoms with van der Waals surface area (Å²) in [5.41, 5.74) is 8.77. The fourth-order valence-corrected chi connectivity index (χ4v) is 8.37. The number of nitrogens with zero attached hydrogens (tertiary/aromatic N) is 2. The van der Waals surface area contributed by atoms with Crippen molar-refractivity contribution in [1.82, 2.24) is 4.57 Å². The number of aliphatic imine (C=N–C) groups is 1. The first-order chi connectivity index (χ1) is 26.7. The molecule has 2 aromatic heterocycles. The predicted octanol–water partition coefficient (Wildman–Crippen LogP) is 13.7. The third kappa shape index (κ3) is 4.67. The molecule has 254 valence electrons. The van der Waals surface area contributed by atoms with Crippen LogP contribution in [0.2, 0.25) is 0 Å². The molecule has 0 saturated carbocycles. The van der Waals surface area contributed by atoms with Gasteiger partial charge in [-0.3, -0.25) is 4.99 Å². The highest BCUT2D eigenvalue weighted by atomic mass is 16.5. The van der Waals surface area contributed by atoms with Crippen LogP contribution in [0.25, 0.3) is 92.9 Å². The maximum atomic E-state index is 6.84. The van der Waals surface area contributed by atoms with E-state index >= 15 is 0 Å². The fraction of sp³-hybridized carbons (Fsp3) is 0.0200. The quantitative estimate of drug-likeness (QED) is 0.163. The highest BCUT2D eigenvalue weighted by Crippen LogP contribution is 2.47. The van der Waals surface area contributed by atoms with Crippen LogP contribution in [-0.4, -0.2) is 11.3 Å². The van der Waals surface area contributed by atoms with Gasteiger partial charge in [-0.25, -0.2) is 0 Å². The van der Waals surface area contributed by atoms with Gasteiger partial charge in [0.25, 0.3) is 0 Å². The number of furan rings is 1. The minimum atomic E-state index is 0.343. The number of aromatic nitrogens is 1. The Morgan fingerprint density at radius 3 is 2.02 bits per heavy atom. The summed E-state index contributed by atoms with van der Waals surface area (Å²) in [5, 5.41) is 11.5. The smallest absolute Gasteiger partial charge is 0.157 e. The Hall–Kier alpha value is -7.17. The second-order valence-electron chi connectivity index (χ2n) is 14.0. The van der Waals surface area contributed by atoms with Crippen LogP contribution in [0, 0.1) is 0 Å². The summed E-state index contributed by atoms with van der Waals surface area (Å²) in [5.74, 6) is 0.665. The molecule has 0 spiro atoms. The Balaban J connectivity index is 1.07. The fourth-order valence-electron chi connectivity index (χ4n) is 8.37. The number of hydrogen-bond acceptors (Lipinski definition) is 3. The van der Waals surface area contributed by atoms with Gasteiger partial charge < -0.3 is 13.7 Å². The van der Waals surface area contributed by atoms with Crippen LogP contribution in [-0.2, 0) is 6.61 Å². The normalized spacial score (nSPS) is 11.9. The van der Waals surface area contributed by atoms with Crippen molar-refractivity contribution in [2.45, 2.75) is 6.61 Å². The summed E-state index contributed by atoms with van der Waals surface area (Å²) < 4.78 is 15.8. The van der Waals surface area contributed by atoms with E-state index in [0.29, 0.717) is 18.0 Å². The molecule has 0 fully saturated rings.